The quantitative estimate of drug-likeness (QED) is 0.442. The van der Waals surface area contributed by atoms with Gasteiger partial charge in [-0.1, -0.05) is 29.3 Å². The van der Waals surface area contributed by atoms with Gasteiger partial charge in [0.1, 0.15) is 0 Å². The molecule has 7 heteroatoms. The molecule has 1 heterocycles. The highest BCUT2D eigenvalue weighted by atomic mass is 35.5. The highest BCUT2D eigenvalue weighted by Gasteiger charge is 2.19. The van der Waals surface area contributed by atoms with E-state index in [2.05, 4.69) is 10.2 Å². The number of carbonyl (C=O) groups is 1. The van der Waals surface area contributed by atoms with E-state index in [-0.39, 0.29) is 5.56 Å². The Bertz CT molecular complexity index is 1140. The molecule has 144 valence electrons. The van der Waals surface area contributed by atoms with Crippen LogP contribution in [0.3, 0.4) is 0 Å². The van der Waals surface area contributed by atoms with E-state index in [0.717, 1.165) is 16.7 Å². The molecule has 0 radical (unpaired) electrons. The Balaban J connectivity index is 2.00. The Kier molecular flexibility index (Phi) is 5.09. The monoisotopic (exact) mass is 423 g/mol. The molecule has 0 amide bonds. The van der Waals surface area contributed by atoms with Gasteiger partial charge in [-0.3, -0.25) is 4.57 Å². The molecule has 0 bridgehead atoms. The third-order valence-corrected chi connectivity index (χ3v) is 5.07. The average Bonchev–Trinajstić information content (AvgIpc) is 3.14. The van der Waals surface area contributed by atoms with Crippen LogP contribution in [0.15, 0.2) is 66.7 Å². The third-order valence-electron chi connectivity index (χ3n) is 4.56. The predicted molar refractivity (Wildman–Crippen MR) is 114 cm³/mol. The zero-order valence-corrected chi connectivity index (χ0v) is 16.8. The van der Waals surface area contributed by atoms with Gasteiger partial charge in [-0.25, -0.2) is 4.79 Å². The van der Waals surface area contributed by atoms with E-state index in [9.17, 15) is 9.90 Å². The summed E-state index contributed by atoms with van der Waals surface area (Å²) >= 11 is 12.1. The number of rotatable bonds is 4. The van der Waals surface area contributed by atoms with E-state index in [0.29, 0.717) is 27.4 Å². The summed E-state index contributed by atoms with van der Waals surface area (Å²) in [6, 6.07) is 19.5. The summed E-state index contributed by atoms with van der Waals surface area (Å²) in [5.74, 6) is 0.162. The second-order valence-corrected chi connectivity index (χ2v) is 7.38. The van der Waals surface area contributed by atoms with Crippen LogP contribution in [0.4, 0.5) is 0 Å². The van der Waals surface area contributed by atoms with E-state index in [1.807, 2.05) is 35.8 Å². The fourth-order valence-corrected chi connectivity index (χ4v) is 3.32. The molecule has 4 rings (SSSR count). The van der Waals surface area contributed by atoms with Crippen molar-refractivity contribution in [2.24, 2.45) is 0 Å². The van der Waals surface area contributed by atoms with Crippen LogP contribution in [0.1, 0.15) is 15.9 Å². The van der Waals surface area contributed by atoms with Crippen LogP contribution in [0.2, 0.25) is 10.0 Å². The number of nitrogens with zero attached hydrogens (tertiary/aromatic N) is 3. The minimum Gasteiger partial charge on any atom is -0.478 e. The first-order chi connectivity index (χ1) is 13.9. The zero-order chi connectivity index (χ0) is 20.5. The Morgan fingerprint density at radius 1 is 0.828 bits per heavy atom. The number of carboxylic acids is 1. The highest BCUT2D eigenvalue weighted by Crippen LogP contribution is 2.31. The van der Waals surface area contributed by atoms with Gasteiger partial charge in [-0.2, -0.15) is 0 Å². The number of halogens is 2. The lowest BCUT2D eigenvalue weighted by atomic mass is 10.1. The fourth-order valence-electron chi connectivity index (χ4n) is 3.07. The van der Waals surface area contributed by atoms with E-state index >= 15 is 0 Å². The van der Waals surface area contributed by atoms with Crippen LogP contribution in [-0.2, 0) is 0 Å². The second-order valence-electron chi connectivity index (χ2n) is 6.50. The second kappa shape index (κ2) is 7.70. The maximum absolute atomic E-state index is 11.5. The van der Waals surface area contributed by atoms with Crippen LogP contribution >= 0.6 is 23.2 Å². The molecule has 1 N–H and O–H groups in total. The SMILES string of the molecule is Cc1ccc(C(=O)O)cc1-n1c(-c2ccc(Cl)cc2)nnc1-c1ccc(Cl)cc1. The number of benzene rings is 3. The Morgan fingerprint density at radius 2 is 1.31 bits per heavy atom. The Labute approximate surface area is 177 Å². The minimum atomic E-state index is -1.000. The first kappa shape index (κ1) is 19.2. The molecule has 4 aromatic rings. The van der Waals surface area contributed by atoms with E-state index in [1.165, 1.54) is 0 Å². The first-order valence-electron chi connectivity index (χ1n) is 8.75. The molecule has 0 aliphatic rings. The van der Waals surface area contributed by atoms with Crippen LogP contribution in [0.25, 0.3) is 28.5 Å². The normalized spacial score (nSPS) is 10.9. The molecule has 0 aliphatic heterocycles. The number of hydrogen-bond donors (Lipinski definition) is 1. The summed E-state index contributed by atoms with van der Waals surface area (Å²) in [6.45, 7) is 1.91. The zero-order valence-electron chi connectivity index (χ0n) is 15.3. The van der Waals surface area contributed by atoms with Gasteiger partial charge in [0.15, 0.2) is 11.6 Å². The van der Waals surface area contributed by atoms with Crippen molar-refractivity contribution in [2.45, 2.75) is 6.92 Å². The Morgan fingerprint density at radius 3 is 1.76 bits per heavy atom. The number of aromatic nitrogens is 3. The van der Waals surface area contributed by atoms with Crippen LogP contribution in [-0.4, -0.2) is 25.8 Å². The topological polar surface area (TPSA) is 68.0 Å². The molecule has 5 nitrogen and oxygen atoms in total. The molecule has 29 heavy (non-hydrogen) atoms. The van der Waals surface area contributed by atoms with Gasteiger partial charge in [-0.05, 0) is 73.2 Å². The minimum absolute atomic E-state index is 0.184. The smallest absolute Gasteiger partial charge is 0.335 e. The van der Waals surface area contributed by atoms with Crippen molar-refractivity contribution in [3.63, 3.8) is 0 Å². The molecule has 0 spiro atoms. The third kappa shape index (κ3) is 3.75. The number of carboxylic acid groups (broad SMARTS) is 1. The van der Waals surface area contributed by atoms with Gasteiger partial charge in [0, 0.05) is 21.2 Å². The van der Waals surface area contributed by atoms with Gasteiger partial charge >= 0.3 is 5.97 Å². The lowest BCUT2D eigenvalue weighted by Crippen LogP contribution is -2.05. The van der Waals surface area contributed by atoms with Crippen LogP contribution in [0, 0.1) is 6.92 Å². The molecule has 0 atom stereocenters. The number of hydrogen-bond acceptors (Lipinski definition) is 3. The molecule has 1 aromatic heterocycles. The molecule has 0 saturated carbocycles. The number of aryl methyl sites for hydroxylation is 1. The molecule has 0 fully saturated rings. The van der Waals surface area contributed by atoms with Crippen molar-refractivity contribution in [3.05, 3.63) is 87.9 Å². The van der Waals surface area contributed by atoms with Crippen molar-refractivity contribution < 1.29 is 9.90 Å². The molecule has 0 aliphatic carbocycles. The molecule has 0 unspecified atom stereocenters. The summed E-state index contributed by atoms with van der Waals surface area (Å²) in [5.41, 5.74) is 3.37. The summed E-state index contributed by atoms with van der Waals surface area (Å²) in [5, 5.41) is 19.5. The van der Waals surface area contributed by atoms with Crippen molar-refractivity contribution in [3.8, 4) is 28.5 Å². The van der Waals surface area contributed by atoms with Gasteiger partial charge in [0.05, 0.1) is 11.3 Å². The molecule has 0 saturated heterocycles. The summed E-state index contributed by atoms with van der Waals surface area (Å²) < 4.78 is 1.86. The van der Waals surface area contributed by atoms with Crippen LogP contribution in [0.5, 0.6) is 0 Å². The standard InChI is InChI=1S/C22H15Cl2N3O2/c1-13-2-3-16(22(28)29)12-19(13)27-20(14-4-8-17(23)9-5-14)25-26-21(27)15-6-10-18(24)11-7-15/h2-12H,1H3,(H,28,29). The van der Waals surface area contributed by atoms with Gasteiger partial charge in [-0.15, -0.1) is 10.2 Å². The summed E-state index contributed by atoms with van der Waals surface area (Å²) in [4.78, 5) is 11.5. The first-order valence-corrected chi connectivity index (χ1v) is 9.51. The van der Waals surface area contributed by atoms with Crippen molar-refractivity contribution in [1.82, 2.24) is 14.8 Å². The van der Waals surface area contributed by atoms with E-state index in [4.69, 9.17) is 23.2 Å². The van der Waals surface area contributed by atoms with Crippen LogP contribution < -0.4 is 0 Å². The lowest BCUT2D eigenvalue weighted by molar-refractivity contribution is 0.0697. The van der Waals surface area contributed by atoms with Gasteiger partial charge < -0.3 is 5.11 Å². The Hall–Kier alpha value is -3.15. The number of aromatic carboxylic acids is 1. The fraction of sp³-hybridized carbons (Fsp3) is 0.0455. The van der Waals surface area contributed by atoms with Gasteiger partial charge in [0.2, 0.25) is 0 Å². The van der Waals surface area contributed by atoms with E-state index in [1.54, 1.807) is 42.5 Å². The predicted octanol–water partition coefficient (Wildman–Crippen LogP) is 5.91. The maximum atomic E-state index is 11.5. The highest BCUT2D eigenvalue weighted by molar-refractivity contribution is 6.30. The summed E-state index contributed by atoms with van der Waals surface area (Å²) in [6.07, 6.45) is 0. The largest absolute Gasteiger partial charge is 0.478 e. The summed E-state index contributed by atoms with van der Waals surface area (Å²) in [7, 11) is 0. The van der Waals surface area contributed by atoms with E-state index < -0.39 is 5.97 Å². The lowest BCUT2D eigenvalue weighted by Gasteiger charge is -2.14. The van der Waals surface area contributed by atoms with Crippen molar-refractivity contribution >= 4 is 29.2 Å². The molecule has 3 aromatic carbocycles. The van der Waals surface area contributed by atoms with Gasteiger partial charge in [0.25, 0.3) is 0 Å². The van der Waals surface area contributed by atoms with Crippen molar-refractivity contribution in [1.29, 1.82) is 0 Å². The molecular weight excluding hydrogens is 409 g/mol. The van der Waals surface area contributed by atoms with Crippen molar-refractivity contribution in [2.75, 3.05) is 0 Å². The maximum Gasteiger partial charge on any atom is 0.335 e. The molecular formula is C22H15Cl2N3O2. The average molecular weight is 424 g/mol.